The number of amides is 1. The second kappa shape index (κ2) is 5.70. The Morgan fingerprint density at radius 1 is 1.55 bits per heavy atom. The molecule has 0 aliphatic rings. The van der Waals surface area contributed by atoms with Gasteiger partial charge in [0.05, 0.1) is 22.1 Å². The van der Waals surface area contributed by atoms with Gasteiger partial charge in [0.25, 0.3) is 11.6 Å². The van der Waals surface area contributed by atoms with Crippen molar-refractivity contribution >= 4 is 23.2 Å². The molecule has 0 saturated heterocycles. The number of nitro groups is 1. The van der Waals surface area contributed by atoms with Crippen molar-refractivity contribution in [3.05, 3.63) is 57.1 Å². The van der Waals surface area contributed by atoms with Crippen molar-refractivity contribution in [2.75, 3.05) is 0 Å². The lowest BCUT2D eigenvalue weighted by molar-refractivity contribution is -0.384. The van der Waals surface area contributed by atoms with Crippen molar-refractivity contribution in [2.45, 2.75) is 6.54 Å². The number of non-ortho nitro benzene ring substituents is 1. The Morgan fingerprint density at radius 3 is 2.85 bits per heavy atom. The third-order valence-corrected chi connectivity index (χ3v) is 3.05. The Labute approximate surface area is 119 Å². The first-order valence-corrected chi connectivity index (χ1v) is 6.05. The number of imidazole rings is 1. The summed E-state index contributed by atoms with van der Waals surface area (Å²) in [6.45, 7) is 0.246. The van der Waals surface area contributed by atoms with Crippen molar-refractivity contribution < 1.29 is 9.72 Å². The van der Waals surface area contributed by atoms with Gasteiger partial charge in [0.15, 0.2) is 0 Å². The summed E-state index contributed by atoms with van der Waals surface area (Å²) in [5, 5.41) is 13.3. The van der Waals surface area contributed by atoms with E-state index in [1.54, 1.807) is 17.0 Å². The first kappa shape index (κ1) is 14.0. The predicted molar refractivity (Wildman–Crippen MR) is 72.5 cm³/mol. The number of carbonyl (C=O) groups excluding carboxylic acids is 1. The molecule has 2 rings (SSSR count). The summed E-state index contributed by atoms with van der Waals surface area (Å²) in [4.78, 5) is 26.0. The van der Waals surface area contributed by atoms with Crippen molar-refractivity contribution in [1.29, 1.82) is 0 Å². The summed E-state index contributed by atoms with van der Waals surface area (Å²) in [5.41, 5.74) is 0.0297. The molecule has 20 heavy (non-hydrogen) atoms. The fourth-order valence-electron chi connectivity index (χ4n) is 1.62. The zero-order valence-electron chi connectivity index (χ0n) is 10.5. The van der Waals surface area contributed by atoms with Gasteiger partial charge in [-0.05, 0) is 6.07 Å². The molecule has 2 aromatic rings. The highest BCUT2D eigenvalue weighted by Gasteiger charge is 2.15. The quantitative estimate of drug-likeness (QED) is 0.689. The molecular formula is C12H11ClN4O3. The highest BCUT2D eigenvalue weighted by molar-refractivity contribution is 6.34. The van der Waals surface area contributed by atoms with Crippen LogP contribution in [0.25, 0.3) is 0 Å². The van der Waals surface area contributed by atoms with E-state index in [1.165, 1.54) is 12.1 Å². The van der Waals surface area contributed by atoms with Crippen LogP contribution in [0.1, 0.15) is 16.2 Å². The second-order valence-electron chi connectivity index (χ2n) is 4.06. The molecule has 7 nitrogen and oxygen atoms in total. The van der Waals surface area contributed by atoms with Crippen LogP contribution in [0.4, 0.5) is 5.69 Å². The number of benzene rings is 1. The van der Waals surface area contributed by atoms with E-state index in [0.717, 1.165) is 6.07 Å². The third kappa shape index (κ3) is 2.94. The number of aryl methyl sites for hydroxylation is 1. The second-order valence-corrected chi connectivity index (χ2v) is 4.47. The lowest BCUT2D eigenvalue weighted by atomic mass is 10.2. The Hall–Kier alpha value is -2.41. The SMILES string of the molecule is Cn1ccnc1CNC(=O)c1ccc([N+](=O)[O-])cc1Cl. The fourth-order valence-corrected chi connectivity index (χ4v) is 1.88. The molecule has 8 heteroatoms. The molecule has 0 radical (unpaired) electrons. The van der Waals surface area contributed by atoms with Gasteiger partial charge >= 0.3 is 0 Å². The van der Waals surface area contributed by atoms with E-state index in [4.69, 9.17) is 11.6 Å². The van der Waals surface area contributed by atoms with Gasteiger partial charge in [-0.1, -0.05) is 11.6 Å². The van der Waals surface area contributed by atoms with Crippen molar-refractivity contribution in [1.82, 2.24) is 14.9 Å². The van der Waals surface area contributed by atoms with E-state index in [2.05, 4.69) is 10.3 Å². The van der Waals surface area contributed by atoms with Crippen LogP contribution in [0.15, 0.2) is 30.6 Å². The topological polar surface area (TPSA) is 90.1 Å². The Balaban J connectivity index is 2.10. The Morgan fingerprint density at radius 2 is 2.30 bits per heavy atom. The molecule has 104 valence electrons. The highest BCUT2D eigenvalue weighted by atomic mass is 35.5. The number of nitro benzene ring substituents is 1. The lowest BCUT2D eigenvalue weighted by Gasteiger charge is -2.06. The number of halogens is 1. The molecule has 0 aliphatic heterocycles. The van der Waals surface area contributed by atoms with E-state index in [9.17, 15) is 14.9 Å². The Kier molecular flexibility index (Phi) is 3.99. The first-order valence-electron chi connectivity index (χ1n) is 5.67. The standard InChI is InChI=1S/C12H11ClN4O3/c1-16-5-4-14-11(16)7-15-12(18)9-3-2-8(17(19)20)6-10(9)13/h2-6H,7H2,1H3,(H,15,18). The normalized spacial score (nSPS) is 10.3. The number of hydrogen-bond donors (Lipinski definition) is 1. The van der Waals surface area contributed by atoms with E-state index in [0.29, 0.717) is 5.82 Å². The van der Waals surface area contributed by atoms with Gasteiger partial charge in [0.2, 0.25) is 0 Å². The van der Waals surface area contributed by atoms with Crippen LogP contribution in [-0.2, 0) is 13.6 Å². The minimum Gasteiger partial charge on any atom is -0.345 e. The van der Waals surface area contributed by atoms with Gasteiger partial charge in [0, 0.05) is 31.6 Å². The Bertz CT molecular complexity index is 668. The van der Waals surface area contributed by atoms with Crippen molar-refractivity contribution in [2.24, 2.45) is 7.05 Å². The summed E-state index contributed by atoms with van der Waals surface area (Å²) in [7, 11) is 1.81. The summed E-state index contributed by atoms with van der Waals surface area (Å²) >= 11 is 5.87. The zero-order chi connectivity index (χ0) is 14.7. The maximum atomic E-state index is 12.0. The van der Waals surface area contributed by atoms with E-state index >= 15 is 0 Å². The molecule has 0 atom stereocenters. The number of nitrogens with zero attached hydrogens (tertiary/aromatic N) is 3. The predicted octanol–water partition coefficient (Wildman–Crippen LogP) is 1.91. The molecule has 1 amide bonds. The number of carbonyl (C=O) groups is 1. The molecule has 0 saturated carbocycles. The smallest absolute Gasteiger partial charge is 0.270 e. The van der Waals surface area contributed by atoms with E-state index in [1.807, 2.05) is 7.05 Å². The molecule has 0 bridgehead atoms. The maximum absolute atomic E-state index is 12.0. The van der Waals surface area contributed by atoms with Gasteiger partial charge < -0.3 is 9.88 Å². The molecule has 0 unspecified atom stereocenters. The molecule has 1 heterocycles. The summed E-state index contributed by atoms with van der Waals surface area (Å²) in [5.74, 6) is 0.282. The highest BCUT2D eigenvalue weighted by Crippen LogP contribution is 2.22. The van der Waals surface area contributed by atoms with Gasteiger partial charge in [0.1, 0.15) is 5.82 Å². The lowest BCUT2D eigenvalue weighted by Crippen LogP contribution is -2.24. The third-order valence-electron chi connectivity index (χ3n) is 2.74. The summed E-state index contributed by atoms with van der Waals surface area (Å²) in [6.07, 6.45) is 3.39. The zero-order valence-corrected chi connectivity index (χ0v) is 11.3. The molecule has 0 fully saturated rings. The first-order chi connectivity index (χ1) is 9.49. The van der Waals surface area contributed by atoms with Gasteiger partial charge in [-0.15, -0.1) is 0 Å². The number of aromatic nitrogens is 2. The van der Waals surface area contributed by atoms with Crippen LogP contribution in [0.3, 0.4) is 0 Å². The van der Waals surface area contributed by atoms with Gasteiger partial charge in [-0.25, -0.2) is 4.98 Å². The average Bonchev–Trinajstić information content (AvgIpc) is 2.81. The average molecular weight is 295 g/mol. The molecule has 1 N–H and O–H groups in total. The van der Waals surface area contributed by atoms with E-state index < -0.39 is 10.8 Å². The van der Waals surface area contributed by atoms with Crippen molar-refractivity contribution in [3.8, 4) is 0 Å². The fraction of sp³-hybridized carbons (Fsp3) is 0.167. The van der Waals surface area contributed by atoms with Crippen LogP contribution >= 0.6 is 11.6 Å². The van der Waals surface area contributed by atoms with Crippen LogP contribution in [0.5, 0.6) is 0 Å². The number of hydrogen-bond acceptors (Lipinski definition) is 4. The summed E-state index contributed by atoms with van der Waals surface area (Å²) in [6, 6.07) is 3.72. The van der Waals surface area contributed by atoms with Crippen LogP contribution in [0.2, 0.25) is 5.02 Å². The largest absolute Gasteiger partial charge is 0.345 e. The van der Waals surface area contributed by atoms with E-state index in [-0.39, 0.29) is 22.8 Å². The minimum absolute atomic E-state index is 0.0385. The monoisotopic (exact) mass is 294 g/mol. The van der Waals surface area contributed by atoms with Crippen LogP contribution < -0.4 is 5.32 Å². The minimum atomic E-state index is -0.568. The number of nitrogens with one attached hydrogen (secondary N) is 1. The van der Waals surface area contributed by atoms with Crippen molar-refractivity contribution in [3.63, 3.8) is 0 Å². The molecule has 0 spiro atoms. The molecule has 1 aromatic heterocycles. The van der Waals surface area contributed by atoms with Crippen LogP contribution in [0, 0.1) is 10.1 Å². The van der Waals surface area contributed by atoms with Gasteiger partial charge in [-0.2, -0.15) is 0 Å². The van der Waals surface area contributed by atoms with Gasteiger partial charge in [-0.3, -0.25) is 14.9 Å². The molecule has 1 aromatic carbocycles. The van der Waals surface area contributed by atoms with Crippen LogP contribution in [-0.4, -0.2) is 20.4 Å². The molecular weight excluding hydrogens is 284 g/mol. The maximum Gasteiger partial charge on any atom is 0.270 e. The summed E-state index contributed by atoms with van der Waals surface area (Å²) < 4.78 is 1.78. The number of rotatable bonds is 4. The molecule has 0 aliphatic carbocycles.